The summed E-state index contributed by atoms with van der Waals surface area (Å²) < 4.78 is 0. The van der Waals surface area contributed by atoms with Gasteiger partial charge in [0.05, 0.1) is 0 Å². The number of para-hydroxylation sites is 1. The van der Waals surface area contributed by atoms with Crippen molar-refractivity contribution in [1.82, 2.24) is 10.6 Å². The predicted octanol–water partition coefficient (Wildman–Crippen LogP) is 5.07. The maximum Gasteiger partial charge on any atom is 0.221 e. The molecule has 1 aliphatic carbocycles. The molecule has 2 N–H and O–H groups in total. The topological polar surface area (TPSA) is 44.4 Å². The van der Waals surface area contributed by atoms with Gasteiger partial charge in [-0.2, -0.15) is 0 Å². The molecular weight excluding hydrogens is 406 g/mol. The summed E-state index contributed by atoms with van der Waals surface area (Å²) in [5.41, 5.74) is 4.41. The lowest BCUT2D eigenvalue weighted by atomic mass is 9.54. The Bertz CT molecular complexity index is 941. The largest absolute Gasteiger partial charge is 0.370 e. The number of benzene rings is 2. The van der Waals surface area contributed by atoms with Crippen LogP contribution in [0.2, 0.25) is 0 Å². The molecule has 0 spiro atoms. The van der Waals surface area contributed by atoms with E-state index >= 15 is 0 Å². The van der Waals surface area contributed by atoms with E-state index in [-0.39, 0.29) is 22.8 Å². The van der Waals surface area contributed by atoms with Crippen LogP contribution in [0.4, 0.5) is 5.69 Å². The van der Waals surface area contributed by atoms with Crippen molar-refractivity contribution >= 4 is 11.6 Å². The standard InChI is InChI=1S/C29H41N3O/c1-28(2)21-23(20-26-29(28,3)24-15-8-9-16-25(24)32(26)4)31-27(33)17-19-30-18-11-10-14-22-12-6-5-7-13-22/h5-9,12-13,15-16,23,26,30H,10-11,14,17-21H2,1-4H3,(H,31,33). The molecule has 4 heteroatoms. The number of aryl methyl sites for hydroxylation is 1. The predicted molar refractivity (Wildman–Crippen MR) is 138 cm³/mol. The highest BCUT2D eigenvalue weighted by Crippen LogP contribution is 2.59. The van der Waals surface area contributed by atoms with Gasteiger partial charge in [0.1, 0.15) is 0 Å². The summed E-state index contributed by atoms with van der Waals surface area (Å²) in [4.78, 5) is 15.2. The van der Waals surface area contributed by atoms with Crippen LogP contribution in [0.1, 0.15) is 64.0 Å². The molecule has 4 nitrogen and oxygen atoms in total. The van der Waals surface area contributed by atoms with E-state index in [1.165, 1.54) is 23.2 Å². The molecule has 2 aromatic carbocycles. The van der Waals surface area contributed by atoms with Crippen molar-refractivity contribution in [3.8, 4) is 0 Å². The summed E-state index contributed by atoms with van der Waals surface area (Å²) in [7, 11) is 2.22. The number of unbranched alkanes of at least 4 members (excludes halogenated alkanes) is 1. The Hall–Kier alpha value is -2.33. The van der Waals surface area contributed by atoms with Crippen molar-refractivity contribution in [2.75, 3.05) is 25.0 Å². The fourth-order valence-electron chi connectivity index (χ4n) is 6.31. The Labute approximate surface area is 200 Å². The highest BCUT2D eigenvalue weighted by Gasteiger charge is 2.58. The number of rotatable bonds is 9. The molecule has 1 saturated carbocycles. The van der Waals surface area contributed by atoms with E-state index in [0.29, 0.717) is 12.5 Å². The number of nitrogens with one attached hydrogen (secondary N) is 2. The molecule has 0 saturated heterocycles. The maximum atomic E-state index is 12.7. The van der Waals surface area contributed by atoms with Crippen molar-refractivity contribution < 1.29 is 4.79 Å². The highest BCUT2D eigenvalue weighted by molar-refractivity contribution is 5.76. The average molecular weight is 448 g/mol. The summed E-state index contributed by atoms with van der Waals surface area (Å²) in [5.74, 6) is 0.175. The van der Waals surface area contributed by atoms with Crippen molar-refractivity contribution in [2.45, 2.75) is 76.8 Å². The lowest BCUT2D eigenvalue weighted by Gasteiger charge is -2.53. The third-order valence-electron chi connectivity index (χ3n) is 8.45. The van der Waals surface area contributed by atoms with Gasteiger partial charge in [-0.1, -0.05) is 69.3 Å². The Morgan fingerprint density at radius 2 is 1.73 bits per heavy atom. The minimum Gasteiger partial charge on any atom is -0.370 e. The molecule has 1 fully saturated rings. The van der Waals surface area contributed by atoms with Crippen LogP contribution in [0, 0.1) is 5.41 Å². The second-order valence-electron chi connectivity index (χ2n) is 10.9. The van der Waals surface area contributed by atoms with Crippen molar-refractivity contribution in [2.24, 2.45) is 5.41 Å². The number of fused-ring (bicyclic) bond motifs is 3. The molecule has 3 atom stereocenters. The lowest BCUT2D eigenvalue weighted by Crippen LogP contribution is -2.59. The quantitative estimate of drug-likeness (QED) is 0.528. The van der Waals surface area contributed by atoms with E-state index in [0.717, 1.165) is 38.8 Å². The van der Waals surface area contributed by atoms with Gasteiger partial charge in [-0.05, 0) is 61.3 Å². The first-order valence-corrected chi connectivity index (χ1v) is 12.7. The highest BCUT2D eigenvalue weighted by atomic mass is 16.1. The van der Waals surface area contributed by atoms with Gasteiger partial charge in [0, 0.05) is 43.2 Å². The van der Waals surface area contributed by atoms with Crippen molar-refractivity contribution in [3.63, 3.8) is 0 Å². The molecule has 2 aromatic rings. The normalized spacial score (nSPS) is 25.4. The van der Waals surface area contributed by atoms with E-state index in [4.69, 9.17) is 0 Å². The molecule has 178 valence electrons. The second-order valence-corrected chi connectivity index (χ2v) is 10.9. The summed E-state index contributed by atoms with van der Waals surface area (Å²) in [6, 6.07) is 20.1. The third-order valence-corrected chi connectivity index (χ3v) is 8.45. The van der Waals surface area contributed by atoms with Crippen LogP contribution in [0.5, 0.6) is 0 Å². The molecule has 1 aliphatic heterocycles. The molecule has 3 unspecified atom stereocenters. The average Bonchev–Trinajstić information content (AvgIpc) is 3.02. The molecule has 4 rings (SSSR count). The first kappa shape index (κ1) is 23.8. The molecule has 33 heavy (non-hydrogen) atoms. The van der Waals surface area contributed by atoms with Crippen molar-refractivity contribution in [1.29, 1.82) is 0 Å². The summed E-state index contributed by atoms with van der Waals surface area (Å²) in [6.07, 6.45) is 6.01. The summed E-state index contributed by atoms with van der Waals surface area (Å²) in [5, 5.41) is 6.82. The van der Waals surface area contributed by atoms with Gasteiger partial charge >= 0.3 is 0 Å². The van der Waals surface area contributed by atoms with E-state index in [1.807, 2.05) is 0 Å². The van der Waals surface area contributed by atoms with Crippen molar-refractivity contribution in [3.05, 3.63) is 65.7 Å². The van der Waals surface area contributed by atoms with Crippen LogP contribution in [0.15, 0.2) is 54.6 Å². The lowest BCUT2D eigenvalue weighted by molar-refractivity contribution is -0.122. The zero-order valence-electron chi connectivity index (χ0n) is 20.9. The van der Waals surface area contributed by atoms with E-state index in [1.54, 1.807) is 0 Å². The number of hydrogen-bond donors (Lipinski definition) is 2. The van der Waals surface area contributed by atoms with Gasteiger partial charge in [-0.25, -0.2) is 0 Å². The number of carbonyl (C=O) groups excluding carboxylic acids is 1. The van der Waals surface area contributed by atoms with E-state index in [9.17, 15) is 4.79 Å². The van der Waals surface area contributed by atoms with E-state index in [2.05, 4.69) is 97.9 Å². The number of carbonyl (C=O) groups is 1. The SMILES string of the molecule is CN1c2ccccc2C2(C)C1CC(NC(=O)CCNCCCCc1ccccc1)CC2(C)C. The van der Waals surface area contributed by atoms with Crippen LogP contribution >= 0.6 is 0 Å². The van der Waals surface area contributed by atoms with Gasteiger partial charge in [0.15, 0.2) is 0 Å². The number of likely N-dealkylation sites (N-methyl/N-ethyl adjacent to an activating group) is 1. The minimum absolute atomic E-state index is 0.0981. The zero-order chi connectivity index (χ0) is 23.5. The minimum atomic E-state index is 0.0981. The van der Waals surface area contributed by atoms with Gasteiger partial charge in [-0.3, -0.25) is 4.79 Å². The summed E-state index contributed by atoms with van der Waals surface area (Å²) >= 11 is 0. The number of nitrogens with zero attached hydrogens (tertiary/aromatic N) is 1. The maximum absolute atomic E-state index is 12.7. The van der Waals surface area contributed by atoms with Gasteiger partial charge in [0.2, 0.25) is 5.91 Å². The molecule has 0 aromatic heterocycles. The molecule has 0 radical (unpaired) electrons. The molecule has 0 bridgehead atoms. The first-order valence-electron chi connectivity index (χ1n) is 12.7. The third kappa shape index (κ3) is 4.82. The van der Waals surface area contributed by atoms with Crippen LogP contribution in [0.3, 0.4) is 0 Å². The number of hydrogen-bond acceptors (Lipinski definition) is 3. The number of amides is 1. The molecule has 1 heterocycles. The Kier molecular flexibility index (Phi) is 7.13. The van der Waals surface area contributed by atoms with Crippen LogP contribution in [-0.2, 0) is 16.6 Å². The Morgan fingerprint density at radius 1 is 1.00 bits per heavy atom. The second kappa shape index (κ2) is 9.89. The first-order chi connectivity index (χ1) is 15.8. The molecular formula is C29H41N3O. The fourth-order valence-corrected chi connectivity index (χ4v) is 6.31. The Morgan fingerprint density at radius 3 is 2.52 bits per heavy atom. The monoisotopic (exact) mass is 447 g/mol. The van der Waals surface area contributed by atoms with Crippen LogP contribution < -0.4 is 15.5 Å². The molecule has 2 aliphatic rings. The van der Waals surface area contributed by atoms with Gasteiger partial charge in [-0.15, -0.1) is 0 Å². The Balaban J connectivity index is 1.21. The van der Waals surface area contributed by atoms with Crippen LogP contribution in [-0.4, -0.2) is 38.1 Å². The molecule has 1 amide bonds. The van der Waals surface area contributed by atoms with Gasteiger partial charge in [0.25, 0.3) is 0 Å². The zero-order valence-corrected chi connectivity index (χ0v) is 20.9. The number of anilines is 1. The smallest absolute Gasteiger partial charge is 0.221 e. The van der Waals surface area contributed by atoms with Gasteiger partial charge < -0.3 is 15.5 Å². The summed E-state index contributed by atoms with van der Waals surface area (Å²) in [6.45, 7) is 8.91. The van der Waals surface area contributed by atoms with E-state index < -0.39 is 0 Å². The van der Waals surface area contributed by atoms with Crippen LogP contribution in [0.25, 0.3) is 0 Å². The fraction of sp³-hybridized carbons (Fsp3) is 0.552.